The summed E-state index contributed by atoms with van der Waals surface area (Å²) in [6.07, 6.45) is 8.87. The van der Waals surface area contributed by atoms with E-state index in [1.807, 2.05) is 0 Å². The molecule has 1 amide bonds. The summed E-state index contributed by atoms with van der Waals surface area (Å²) in [6, 6.07) is 6.32. The Hall–Kier alpha value is -3.42. The third-order valence-electron chi connectivity index (χ3n) is 4.77. The van der Waals surface area contributed by atoms with Gasteiger partial charge in [-0.1, -0.05) is 0 Å². The molecule has 0 unspecified atom stereocenters. The summed E-state index contributed by atoms with van der Waals surface area (Å²) in [7, 11) is 0. The Balaban J connectivity index is 1.59. The summed E-state index contributed by atoms with van der Waals surface area (Å²) in [6.45, 7) is 0. The van der Waals surface area contributed by atoms with Gasteiger partial charge < -0.3 is 11.1 Å². The molecule has 1 aliphatic rings. The van der Waals surface area contributed by atoms with Gasteiger partial charge in [-0.2, -0.15) is 0 Å². The van der Waals surface area contributed by atoms with Crippen LogP contribution in [0.25, 0.3) is 11.1 Å². The molecule has 0 saturated heterocycles. The first-order valence-electron chi connectivity index (χ1n) is 8.55. The van der Waals surface area contributed by atoms with Gasteiger partial charge in [-0.15, -0.1) is 0 Å². The lowest BCUT2D eigenvalue weighted by atomic mass is 9.74. The van der Waals surface area contributed by atoms with Crippen molar-refractivity contribution < 1.29 is 9.18 Å². The van der Waals surface area contributed by atoms with Crippen molar-refractivity contribution in [3.63, 3.8) is 0 Å². The molecule has 27 heavy (non-hydrogen) atoms. The number of carbonyl (C=O) groups is 1. The van der Waals surface area contributed by atoms with Crippen molar-refractivity contribution >= 4 is 11.9 Å². The van der Waals surface area contributed by atoms with Crippen molar-refractivity contribution in [3.05, 3.63) is 66.3 Å². The van der Waals surface area contributed by atoms with E-state index in [4.69, 9.17) is 5.73 Å². The van der Waals surface area contributed by atoms with Crippen LogP contribution in [0.3, 0.4) is 0 Å². The normalized spacial score (nSPS) is 15.0. The van der Waals surface area contributed by atoms with E-state index in [9.17, 15) is 9.18 Å². The van der Waals surface area contributed by atoms with Crippen molar-refractivity contribution in [2.75, 3.05) is 5.32 Å². The first-order valence-corrected chi connectivity index (χ1v) is 8.55. The van der Waals surface area contributed by atoms with Crippen LogP contribution in [0.15, 0.2) is 49.1 Å². The minimum absolute atomic E-state index is 0.175. The molecule has 3 aromatic heterocycles. The Morgan fingerprint density at radius 1 is 1.07 bits per heavy atom. The average Bonchev–Trinajstić information content (AvgIpc) is 2.66. The highest BCUT2D eigenvalue weighted by atomic mass is 19.1. The lowest BCUT2D eigenvalue weighted by Gasteiger charge is -2.42. The maximum Gasteiger partial charge on any atom is 0.267 e. The lowest BCUT2D eigenvalue weighted by molar-refractivity contribution is 0.0995. The average molecular weight is 364 g/mol. The van der Waals surface area contributed by atoms with Gasteiger partial charge in [-0.3, -0.25) is 14.8 Å². The fraction of sp³-hybridized carbons (Fsp3) is 0.211. The van der Waals surface area contributed by atoms with E-state index in [1.165, 1.54) is 12.3 Å². The number of rotatable bonds is 5. The molecule has 0 atom stereocenters. The minimum atomic E-state index is -0.597. The summed E-state index contributed by atoms with van der Waals surface area (Å²) in [5, 5.41) is 3.25. The van der Waals surface area contributed by atoms with Crippen LogP contribution in [-0.2, 0) is 5.54 Å². The molecule has 1 fully saturated rings. The Kier molecular flexibility index (Phi) is 4.23. The third kappa shape index (κ3) is 3.21. The van der Waals surface area contributed by atoms with Gasteiger partial charge in [-0.25, -0.2) is 14.4 Å². The molecule has 1 saturated carbocycles. The zero-order chi connectivity index (χ0) is 18.9. The smallest absolute Gasteiger partial charge is 0.267 e. The molecule has 7 nitrogen and oxygen atoms in total. The zero-order valence-corrected chi connectivity index (χ0v) is 14.4. The molecule has 3 N–H and O–H groups in total. The highest BCUT2D eigenvalue weighted by Gasteiger charge is 2.42. The maximum atomic E-state index is 14.2. The van der Waals surface area contributed by atoms with Crippen LogP contribution in [0.5, 0.6) is 0 Å². The van der Waals surface area contributed by atoms with E-state index < -0.39 is 11.4 Å². The number of hydrogen-bond acceptors (Lipinski definition) is 6. The van der Waals surface area contributed by atoms with Gasteiger partial charge in [0.05, 0.1) is 5.54 Å². The molecular formula is C19H17FN6O. The molecule has 0 aromatic carbocycles. The number of carbonyl (C=O) groups excluding carboxylic acids is 1. The van der Waals surface area contributed by atoms with E-state index >= 15 is 0 Å². The van der Waals surface area contributed by atoms with Gasteiger partial charge >= 0.3 is 0 Å². The van der Waals surface area contributed by atoms with Crippen LogP contribution in [0, 0.1) is 5.82 Å². The Bertz CT molecular complexity index is 987. The van der Waals surface area contributed by atoms with Crippen molar-refractivity contribution in [2.45, 2.75) is 24.8 Å². The quantitative estimate of drug-likeness (QED) is 0.721. The van der Waals surface area contributed by atoms with Crippen molar-refractivity contribution in [1.29, 1.82) is 0 Å². The number of primary amides is 1. The van der Waals surface area contributed by atoms with Crippen LogP contribution < -0.4 is 11.1 Å². The third-order valence-corrected chi connectivity index (χ3v) is 4.77. The highest BCUT2D eigenvalue weighted by molar-refractivity contribution is 5.91. The first kappa shape index (κ1) is 17.0. The summed E-state index contributed by atoms with van der Waals surface area (Å²) >= 11 is 0. The Morgan fingerprint density at radius 2 is 1.85 bits per heavy atom. The van der Waals surface area contributed by atoms with E-state index in [0.717, 1.165) is 30.4 Å². The fourth-order valence-corrected chi connectivity index (χ4v) is 3.19. The van der Waals surface area contributed by atoms with E-state index in [1.54, 1.807) is 36.8 Å². The summed E-state index contributed by atoms with van der Waals surface area (Å²) < 4.78 is 14.2. The monoisotopic (exact) mass is 364 g/mol. The summed E-state index contributed by atoms with van der Waals surface area (Å²) in [4.78, 5) is 28.1. The second kappa shape index (κ2) is 6.71. The molecule has 0 bridgehead atoms. The number of pyridine rings is 2. The van der Waals surface area contributed by atoms with Gasteiger partial charge in [0.15, 0.2) is 0 Å². The molecule has 136 valence electrons. The first-order chi connectivity index (χ1) is 13.1. The molecule has 8 heteroatoms. The van der Waals surface area contributed by atoms with Gasteiger partial charge in [0.2, 0.25) is 5.95 Å². The topological polar surface area (TPSA) is 107 Å². The number of anilines is 1. The van der Waals surface area contributed by atoms with Crippen LogP contribution in [0.2, 0.25) is 0 Å². The summed E-state index contributed by atoms with van der Waals surface area (Å²) in [5.41, 5.74) is 6.71. The van der Waals surface area contributed by atoms with E-state index in [0.29, 0.717) is 11.6 Å². The fourth-order valence-electron chi connectivity index (χ4n) is 3.19. The van der Waals surface area contributed by atoms with E-state index in [2.05, 4.69) is 25.3 Å². The van der Waals surface area contributed by atoms with Crippen LogP contribution in [0.4, 0.5) is 10.3 Å². The maximum absolute atomic E-state index is 14.2. The molecule has 4 rings (SSSR count). The van der Waals surface area contributed by atoms with Crippen molar-refractivity contribution in [3.8, 4) is 11.1 Å². The van der Waals surface area contributed by atoms with Crippen LogP contribution in [0.1, 0.15) is 35.4 Å². The number of nitrogens with zero attached hydrogens (tertiary/aromatic N) is 4. The molecule has 3 aromatic rings. The molecule has 1 aliphatic carbocycles. The molecule has 0 radical (unpaired) electrons. The minimum Gasteiger partial charge on any atom is -0.364 e. The molecule has 0 aliphatic heterocycles. The SMILES string of the molecule is NC(=O)c1cc(-c2cnc(NC3(c4ncccc4F)CCC3)nc2)ccn1. The molecular weight excluding hydrogens is 347 g/mol. The van der Waals surface area contributed by atoms with Crippen molar-refractivity contribution in [2.24, 2.45) is 5.73 Å². The van der Waals surface area contributed by atoms with Gasteiger partial charge in [0, 0.05) is 30.4 Å². The standard InChI is InChI=1S/C19H17FN6O/c20-14-3-1-7-23-16(14)19(5-2-6-19)26-18-24-10-13(11-25-18)12-4-8-22-15(9-12)17(21)27/h1,3-4,7-11H,2,5-6H2,(H2,21,27)(H,24,25,26). The Labute approximate surface area is 154 Å². The van der Waals surface area contributed by atoms with Gasteiger partial charge in [0.25, 0.3) is 5.91 Å². The largest absolute Gasteiger partial charge is 0.364 e. The number of aromatic nitrogens is 4. The zero-order valence-electron chi connectivity index (χ0n) is 14.4. The second-order valence-electron chi connectivity index (χ2n) is 6.48. The number of amides is 1. The predicted molar refractivity (Wildman–Crippen MR) is 97.1 cm³/mol. The van der Waals surface area contributed by atoms with Gasteiger partial charge in [0.1, 0.15) is 17.2 Å². The van der Waals surface area contributed by atoms with Gasteiger partial charge in [-0.05, 0) is 49.1 Å². The number of nitrogens with one attached hydrogen (secondary N) is 1. The summed E-state index contributed by atoms with van der Waals surface area (Å²) in [5.74, 6) is -0.537. The molecule has 3 heterocycles. The number of hydrogen-bond donors (Lipinski definition) is 2. The lowest BCUT2D eigenvalue weighted by Crippen LogP contribution is -2.44. The van der Waals surface area contributed by atoms with Crippen LogP contribution in [-0.4, -0.2) is 25.8 Å². The number of halogens is 1. The number of nitrogens with two attached hydrogens (primary N) is 1. The molecule has 0 spiro atoms. The van der Waals surface area contributed by atoms with E-state index in [-0.39, 0.29) is 11.5 Å². The Morgan fingerprint density at radius 3 is 2.48 bits per heavy atom. The highest BCUT2D eigenvalue weighted by Crippen LogP contribution is 2.43. The second-order valence-corrected chi connectivity index (χ2v) is 6.48. The van der Waals surface area contributed by atoms with Crippen LogP contribution >= 0.6 is 0 Å². The van der Waals surface area contributed by atoms with Crippen molar-refractivity contribution in [1.82, 2.24) is 19.9 Å². The predicted octanol–water partition coefficient (Wildman–Crippen LogP) is 2.66.